The summed E-state index contributed by atoms with van der Waals surface area (Å²) in [4.78, 5) is 11.5. The van der Waals surface area contributed by atoms with Crippen LogP contribution in [0.3, 0.4) is 0 Å². The summed E-state index contributed by atoms with van der Waals surface area (Å²) in [5.41, 5.74) is 6.18. The normalized spacial score (nSPS) is 11.4. The first-order chi connectivity index (χ1) is 18.2. The number of carboxylic acid groups (broad SMARTS) is 1. The summed E-state index contributed by atoms with van der Waals surface area (Å²) in [6.45, 7) is 6.32. The predicted molar refractivity (Wildman–Crippen MR) is 150 cm³/mol. The van der Waals surface area contributed by atoms with Crippen LogP contribution >= 0.6 is 23.2 Å². The van der Waals surface area contributed by atoms with Gasteiger partial charge in [-0.15, -0.1) is 0 Å². The van der Waals surface area contributed by atoms with Gasteiger partial charge in [-0.3, -0.25) is 0 Å². The number of carbonyl (C=O) groups is 1. The quantitative estimate of drug-likeness (QED) is 0.220. The molecular formula is C30H26Cl2N2O4. The van der Waals surface area contributed by atoms with Crippen molar-refractivity contribution in [2.45, 2.75) is 33.3 Å². The van der Waals surface area contributed by atoms with Gasteiger partial charge in [-0.25, -0.2) is 4.79 Å². The van der Waals surface area contributed by atoms with Crippen LogP contribution in [0.15, 0.2) is 65.2 Å². The molecule has 0 spiro atoms. The highest BCUT2D eigenvalue weighted by Crippen LogP contribution is 2.39. The van der Waals surface area contributed by atoms with Gasteiger partial charge in [-0.2, -0.15) is 0 Å². The summed E-state index contributed by atoms with van der Waals surface area (Å²) in [5.74, 6) is 0.568. The Hall–Kier alpha value is -3.74. The van der Waals surface area contributed by atoms with Crippen molar-refractivity contribution < 1.29 is 19.2 Å². The Bertz CT molecular complexity index is 1660. The Morgan fingerprint density at radius 3 is 2.47 bits per heavy atom. The molecule has 0 fully saturated rings. The molecule has 0 saturated heterocycles. The third-order valence-corrected chi connectivity index (χ3v) is 7.33. The van der Waals surface area contributed by atoms with Crippen molar-refractivity contribution in [1.82, 2.24) is 9.72 Å². The van der Waals surface area contributed by atoms with Crippen LogP contribution in [0.25, 0.3) is 33.3 Å². The van der Waals surface area contributed by atoms with E-state index in [2.05, 4.69) is 5.16 Å². The monoisotopic (exact) mass is 548 g/mol. The minimum Gasteiger partial charge on any atom is -0.489 e. The van der Waals surface area contributed by atoms with Crippen molar-refractivity contribution >= 4 is 40.1 Å². The number of ether oxygens (including phenoxy) is 1. The van der Waals surface area contributed by atoms with E-state index in [1.807, 2.05) is 57.2 Å². The molecule has 1 N–H and O–H groups in total. The number of hydrogen-bond donors (Lipinski definition) is 1. The fraction of sp³-hybridized carbons (Fsp3) is 0.200. The van der Waals surface area contributed by atoms with Gasteiger partial charge < -0.3 is 18.9 Å². The van der Waals surface area contributed by atoms with E-state index in [-0.39, 0.29) is 18.2 Å². The minimum absolute atomic E-state index is 0.0919. The van der Waals surface area contributed by atoms with Crippen LogP contribution in [-0.2, 0) is 13.7 Å². The van der Waals surface area contributed by atoms with Crippen LogP contribution in [0, 0.1) is 6.92 Å². The standard InChI is InChI=1S/C30H26Cl2N2O4/c1-16(2)29-22(28(33-38-29)27-23(31)6-5-7-24(27)32)15-37-20-10-11-21(17(3)12-20)18-8-9-19-14-26(30(35)36)34(4)25(19)13-18/h5-14,16H,15H2,1-4H3,(H,35,36). The number of aryl methyl sites for hydroxylation is 2. The molecule has 0 radical (unpaired) electrons. The summed E-state index contributed by atoms with van der Waals surface area (Å²) >= 11 is 12.9. The first-order valence-electron chi connectivity index (χ1n) is 12.1. The molecule has 3 aromatic carbocycles. The average Bonchev–Trinajstić information content (AvgIpc) is 3.44. The molecule has 6 nitrogen and oxygen atoms in total. The van der Waals surface area contributed by atoms with Gasteiger partial charge >= 0.3 is 5.97 Å². The van der Waals surface area contributed by atoms with E-state index < -0.39 is 5.97 Å². The second kappa shape index (κ2) is 10.2. The molecule has 194 valence electrons. The molecule has 0 atom stereocenters. The van der Waals surface area contributed by atoms with E-state index in [1.54, 1.807) is 35.9 Å². The number of hydrogen-bond acceptors (Lipinski definition) is 4. The zero-order valence-corrected chi connectivity index (χ0v) is 22.9. The third-order valence-electron chi connectivity index (χ3n) is 6.70. The zero-order valence-electron chi connectivity index (χ0n) is 21.4. The lowest BCUT2D eigenvalue weighted by Crippen LogP contribution is -2.03. The van der Waals surface area contributed by atoms with E-state index in [4.69, 9.17) is 32.5 Å². The Kier molecular flexibility index (Phi) is 6.95. The molecule has 0 bridgehead atoms. The number of benzene rings is 3. The van der Waals surface area contributed by atoms with Crippen molar-refractivity contribution in [3.05, 3.63) is 93.3 Å². The van der Waals surface area contributed by atoms with Gasteiger partial charge in [0.1, 0.15) is 29.5 Å². The second-order valence-corrected chi connectivity index (χ2v) is 10.4. The summed E-state index contributed by atoms with van der Waals surface area (Å²) < 4.78 is 13.6. The van der Waals surface area contributed by atoms with Crippen molar-refractivity contribution in [3.63, 3.8) is 0 Å². The molecular weight excluding hydrogens is 523 g/mol. The highest BCUT2D eigenvalue weighted by Gasteiger charge is 2.24. The Labute approximate surface area is 230 Å². The average molecular weight is 549 g/mol. The molecule has 0 aliphatic heterocycles. The molecule has 0 saturated carbocycles. The van der Waals surface area contributed by atoms with Crippen molar-refractivity contribution in [1.29, 1.82) is 0 Å². The van der Waals surface area contributed by atoms with E-state index in [0.717, 1.165) is 38.9 Å². The first-order valence-corrected chi connectivity index (χ1v) is 12.9. The second-order valence-electron chi connectivity index (χ2n) is 9.56. The molecule has 5 aromatic rings. The van der Waals surface area contributed by atoms with Gasteiger partial charge in [0, 0.05) is 29.4 Å². The summed E-state index contributed by atoms with van der Waals surface area (Å²) in [6, 6.07) is 18.9. The van der Waals surface area contributed by atoms with Crippen LogP contribution in [0.4, 0.5) is 0 Å². The van der Waals surface area contributed by atoms with Crippen molar-refractivity contribution in [2.75, 3.05) is 0 Å². The minimum atomic E-state index is -0.948. The van der Waals surface area contributed by atoms with Gasteiger partial charge in [0.15, 0.2) is 0 Å². The number of fused-ring (bicyclic) bond motifs is 1. The molecule has 2 heterocycles. The predicted octanol–water partition coefficient (Wildman–Crippen LogP) is 8.52. The highest BCUT2D eigenvalue weighted by molar-refractivity contribution is 6.39. The van der Waals surface area contributed by atoms with E-state index >= 15 is 0 Å². The van der Waals surface area contributed by atoms with E-state index in [0.29, 0.717) is 27.1 Å². The molecule has 38 heavy (non-hydrogen) atoms. The Morgan fingerprint density at radius 1 is 1.08 bits per heavy atom. The lowest BCUT2D eigenvalue weighted by Gasteiger charge is -2.13. The number of nitrogens with zero attached hydrogens (tertiary/aromatic N) is 2. The van der Waals surface area contributed by atoms with Crippen LogP contribution in [-0.4, -0.2) is 20.8 Å². The van der Waals surface area contributed by atoms with Gasteiger partial charge in [0.05, 0.1) is 15.6 Å². The third kappa shape index (κ3) is 4.66. The van der Waals surface area contributed by atoms with Crippen molar-refractivity contribution in [3.8, 4) is 28.1 Å². The van der Waals surface area contributed by atoms with E-state index in [9.17, 15) is 9.90 Å². The zero-order chi connectivity index (χ0) is 27.1. The number of carboxylic acids is 1. The maximum atomic E-state index is 11.5. The largest absolute Gasteiger partial charge is 0.489 e. The van der Waals surface area contributed by atoms with E-state index in [1.165, 1.54) is 0 Å². The molecule has 2 aromatic heterocycles. The molecule has 0 unspecified atom stereocenters. The van der Waals surface area contributed by atoms with Crippen LogP contribution in [0.1, 0.15) is 47.1 Å². The maximum Gasteiger partial charge on any atom is 0.352 e. The van der Waals surface area contributed by atoms with Gasteiger partial charge in [0.2, 0.25) is 0 Å². The Morgan fingerprint density at radius 2 is 1.82 bits per heavy atom. The summed E-state index contributed by atoms with van der Waals surface area (Å²) in [7, 11) is 1.76. The highest BCUT2D eigenvalue weighted by atomic mass is 35.5. The van der Waals surface area contributed by atoms with Crippen LogP contribution in [0.2, 0.25) is 10.0 Å². The number of halogens is 2. The van der Waals surface area contributed by atoms with Gasteiger partial charge in [0.25, 0.3) is 0 Å². The van der Waals surface area contributed by atoms with Gasteiger partial charge in [-0.1, -0.05) is 66.5 Å². The lowest BCUT2D eigenvalue weighted by molar-refractivity contribution is 0.0687. The van der Waals surface area contributed by atoms with Crippen molar-refractivity contribution in [2.24, 2.45) is 7.05 Å². The summed E-state index contributed by atoms with van der Waals surface area (Å²) in [6.07, 6.45) is 0. The van der Waals surface area contributed by atoms with Crippen LogP contribution in [0.5, 0.6) is 5.75 Å². The first kappa shape index (κ1) is 25.9. The Balaban J connectivity index is 1.44. The molecule has 8 heteroatoms. The molecule has 0 aliphatic carbocycles. The fourth-order valence-corrected chi connectivity index (χ4v) is 5.32. The number of aromatic carboxylic acids is 1. The molecule has 0 amide bonds. The smallest absolute Gasteiger partial charge is 0.352 e. The SMILES string of the molecule is Cc1cc(OCc2c(-c3c(Cl)cccc3Cl)noc2C(C)C)ccc1-c1ccc2cc(C(=O)O)n(C)c2c1. The topological polar surface area (TPSA) is 77.5 Å². The maximum absolute atomic E-state index is 11.5. The number of aromatic nitrogens is 2. The molecule has 0 aliphatic rings. The number of rotatable bonds is 7. The van der Waals surface area contributed by atoms with Crippen LogP contribution < -0.4 is 4.74 Å². The van der Waals surface area contributed by atoms with Gasteiger partial charge in [-0.05, 0) is 60.0 Å². The lowest BCUT2D eigenvalue weighted by atomic mass is 9.99. The fourth-order valence-electron chi connectivity index (χ4n) is 4.74. The molecule has 5 rings (SSSR count). The summed E-state index contributed by atoms with van der Waals surface area (Å²) in [5, 5.41) is 15.6.